The van der Waals surface area contributed by atoms with Gasteiger partial charge in [-0.15, -0.1) is 0 Å². The van der Waals surface area contributed by atoms with Crippen LogP contribution in [-0.4, -0.2) is 18.0 Å². The van der Waals surface area contributed by atoms with Gasteiger partial charge in [-0.05, 0) is 55.8 Å². The molecule has 1 N–H and O–H groups in total. The van der Waals surface area contributed by atoms with Crippen molar-refractivity contribution in [1.82, 2.24) is 10.3 Å². The van der Waals surface area contributed by atoms with Gasteiger partial charge in [0, 0.05) is 23.4 Å². The van der Waals surface area contributed by atoms with E-state index in [2.05, 4.69) is 10.3 Å². The highest BCUT2D eigenvalue weighted by Crippen LogP contribution is 2.28. The third-order valence-corrected chi connectivity index (χ3v) is 4.86. The van der Waals surface area contributed by atoms with Crippen LogP contribution in [0.3, 0.4) is 0 Å². The number of aromatic nitrogens is 1. The lowest BCUT2D eigenvalue weighted by Crippen LogP contribution is -2.41. The minimum Gasteiger partial charge on any atom is -0.497 e. The van der Waals surface area contributed by atoms with Gasteiger partial charge in [0.1, 0.15) is 11.6 Å². The van der Waals surface area contributed by atoms with Crippen molar-refractivity contribution in [1.29, 1.82) is 0 Å². The Morgan fingerprint density at radius 3 is 2.62 bits per heavy atom. The van der Waals surface area contributed by atoms with E-state index in [1.54, 1.807) is 19.4 Å². The van der Waals surface area contributed by atoms with Crippen molar-refractivity contribution in [3.05, 3.63) is 71.0 Å². The standard InChI is InChI=1S/C22H22ClFN2O3/c1-22(2,17-9-6-15(24)12-18(17)23)26-20(27)10-11-21-25-13-19(29-21)14-4-7-16(28-3)8-5-14/h4-9,12-13H,10-11H2,1-3H3,(H,26,27). The maximum Gasteiger partial charge on any atom is 0.221 e. The van der Waals surface area contributed by atoms with Crippen LogP contribution < -0.4 is 10.1 Å². The molecule has 0 aliphatic carbocycles. The number of benzene rings is 2. The molecule has 1 amide bonds. The molecule has 1 heterocycles. The first-order chi connectivity index (χ1) is 13.8. The molecule has 29 heavy (non-hydrogen) atoms. The van der Waals surface area contributed by atoms with Gasteiger partial charge in [0.05, 0.1) is 18.8 Å². The van der Waals surface area contributed by atoms with Crippen molar-refractivity contribution in [2.75, 3.05) is 7.11 Å². The van der Waals surface area contributed by atoms with Crippen molar-refractivity contribution >= 4 is 17.5 Å². The molecule has 3 aromatic rings. The number of hydrogen-bond acceptors (Lipinski definition) is 4. The summed E-state index contributed by atoms with van der Waals surface area (Å²) in [5.74, 6) is 1.26. The van der Waals surface area contributed by atoms with Crippen molar-refractivity contribution in [3.63, 3.8) is 0 Å². The quantitative estimate of drug-likeness (QED) is 0.580. The summed E-state index contributed by atoms with van der Waals surface area (Å²) in [4.78, 5) is 16.7. The molecule has 0 bridgehead atoms. The Hall–Kier alpha value is -2.86. The normalized spacial score (nSPS) is 11.3. The van der Waals surface area contributed by atoms with Crippen molar-refractivity contribution < 1.29 is 18.3 Å². The average molecular weight is 417 g/mol. The van der Waals surface area contributed by atoms with Gasteiger partial charge >= 0.3 is 0 Å². The number of aryl methyl sites for hydroxylation is 1. The van der Waals surface area contributed by atoms with Gasteiger partial charge in [0.25, 0.3) is 0 Å². The number of carbonyl (C=O) groups excluding carboxylic acids is 1. The van der Waals surface area contributed by atoms with Gasteiger partial charge in [-0.3, -0.25) is 4.79 Å². The van der Waals surface area contributed by atoms with E-state index >= 15 is 0 Å². The minimum atomic E-state index is -0.743. The average Bonchev–Trinajstić information content (AvgIpc) is 3.15. The molecule has 7 heteroatoms. The van der Waals surface area contributed by atoms with Crippen LogP contribution in [0.4, 0.5) is 4.39 Å². The van der Waals surface area contributed by atoms with Gasteiger partial charge in [-0.2, -0.15) is 0 Å². The van der Waals surface area contributed by atoms with Crippen LogP contribution in [0.25, 0.3) is 11.3 Å². The predicted molar refractivity (Wildman–Crippen MR) is 109 cm³/mol. The summed E-state index contributed by atoms with van der Waals surface area (Å²) in [6, 6.07) is 11.6. The summed E-state index contributed by atoms with van der Waals surface area (Å²) in [5, 5.41) is 3.20. The van der Waals surface area contributed by atoms with E-state index < -0.39 is 11.4 Å². The Morgan fingerprint density at radius 2 is 1.97 bits per heavy atom. The van der Waals surface area contributed by atoms with E-state index in [0.29, 0.717) is 23.6 Å². The number of nitrogens with one attached hydrogen (secondary N) is 1. The fourth-order valence-corrected chi connectivity index (χ4v) is 3.41. The van der Waals surface area contributed by atoms with E-state index in [1.165, 1.54) is 12.1 Å². The fraction of sp³-hybridized carbons (Fsp3) is 0.273. The summed E-state index contributed by atoms with van der Waals surface area (Å²) < 4.78 is 24.2. The van der Waals surface area contributed by atoms with Crippen LogP contribution in [0.1, 0.15) is 31.7 Å². The molecule has 0 spiro atoms. The molecule has 1 aromatic heterocycles. The highest BCUT2D eigenvalue weighted by atomic mass is 35.5. The number of oxazole rings is 1. The number of methoxy groups -OCH3 is 1. The molecule has 152 valence electrons. The van der Waals surface area contributed by atoms with E-state index in [0.717, 1.165) is 11.3 Å². The van der Waals surface area contributed by atoms with Gasteiger partial charge in [0.15, 0.2) is 11.7 Å². The van der Waals surface area contributed by atoms with Crippen molar-refractivity contribution in [3.8, 4) is 17.1 Å². The SMILES string of the molecule is COc1ccc(-c2cnc(CCC(=O)NC(C)(C)c3ccc(F)cc3Cl)o2)cc1. The molecule has 0 saturated heterocycles. The minimum absolute atomic E-state index is 0.181. The first-order valence-corrected chi connectivity index (χ1v) is 9.52. The summed E-state index contributed by atoms with van der Waals surface area (Å²) in [6.07, 6.45) is 2.19. The highest BCUT2D eigenvalue weighted by molar-refractivity contribution is 6.31. The van der Waals surface area contributed by atoms with Gasteiger partial charge in [-0.1, -0.05) is 17.7 Å². The van der Waals surface area contributed by atoms with Crippen molar-refractivity contribution in [2.45, 2.75) is 32.2 Å². The van der Waals surface area contributed by atoms with Crippen LogP contribution in [0.15, 0.2) is 53.1 Å². The van der Waals surface area contributed by atoms with E-state index in [1.807, 2.05) is 38.1 Å². The maximum absolute atomic E-state index is 13.3. The summed E-state index contributed by atoms with van der Waals surface area (Å²) in [5.41, 5.74) is 0.778. The Bertz CT molecular complexity index is 1000. The zero-order chi connectivity index (χ0) is 21.0. The molecule has 5 nitrogen and oxygen atoms in total. The number of nitrogens with zero attached hydrogens (tertiary/aromatic N) is 1. The highest BCUT2D eigenvalue weighted by Gasteiger charge is 2.25. The molecule has 0 unspecified atom stereocenters. The van der Waals surface area contributed by atoms with E-state index in [-0.39, 0.29) is 17.4 Å². The third kappa shape index (κ3) is 5.15. The largest absolute Gasteiger partial charge is 0.497 e. The maximum atomic E-state index is 13.3. The Morgan fingerprint density at radius 1 is 1.24 bits per heavy atom. The Labute approximate surface area is 173 Å². The van der Waals surface area contributed by atoms with Crippen LogP contribution in [0.5, 0.6) is 5.75 Å². The molecular formula is C22H22ClFN2O3. The summed E-state index contributed by atoms with van der Waals surface area (Å²) >= 11 is 6.13. The number of carbonyl (C=O) groups is 1. The molecule has 0 aliphatic rings. The molecule has 2 aromatic carbocycles. The van der Waals surface area contributed by atoms with Crippen LogP contribution in [0.2, 0.25) is 5.02 Å². The van der Waals surface area contributed by atoms with Gasteiger partial charge < -0.3 is 14.5 Å². The van der Waals surface area contributed by atoms with Crippen molar-refractivity contribution in [2.24, 2.45) is 0 Å². The summed E-state index contributed by atoms with van der Waals surface area (Å²) in [7, 11) is 1.61. The van der Waals surface area contributed by atoms with Crippen LogP contribution in [-0.2, 0) is 16.8 Å². The molecular weight excluding hydrogens is 395 g/mol. The second-order valence-electron chi connectivity index (χ2n) is 7.14. The lowest BCUT2D eigenvalue weighted by Gasteiger charge is -2.28. The lowest BCUT2D eigenvalue weighted by atomic mass is 9.94. The van der Waals surface area contributed by atoms with E-state index in [9.17, 15) is 9.18 Å². The first kappa shape index (κ1) is 20.9. The third-order valence-electron chi connectivity index (χ3n) is 4.55. The molecule has 3 rings (SSSR count). The van der Waals surface area contributed by atoms with Crippen LogP contribution >= 0.6 is 11.6 Å². The topological polar surface area (TPSA) is 64.4 Å². The Balaban J connectivity index is 1.59. The van der Waals surface area contributed by atoms with Gasteiger partial charge in [-0.25, -0.2) is 9.37 Å². The lowest BCUT2D eigenvalue weighted by molar-refractivity contribution is -0.122. The predicted octanol–water partition coefficient (Wildman–Crippen LogP) is 5.13. The molecule has 0 atom stereocenters. The zero-order valence-electron chi connectivity index (χ0n) is 16.5. The van der Waals surface area contributed by atoms with E-state index in [4.69, 9.17) is 20.8 Å². The molecule has 0 radical (unpaired) electrons. The second-order valence-corrected chi connectivity index (χ2v) is 7.55. The summed E-state index contributed by atoms with van der Waals surface area (Å²) in [6.45, 7) is 3.63. The van der Waals surface area contributed by atoms with Crippen LogP contribution in [0, 0.1) is 5.82 Å². The number of amides is 1. The fourth-order valence-electron chi connectivity index (χ4n) is 3.01. The monoisotopic (exact) mass is 416 g/mol. The number of hydrogen-bond donors (Lipinski definition) is 1. The number of ether oxygens (including phenoxy) is 1. The Kier molecular flexibility index (Phi) is 6.23. The van der Waals surface area contributed by atoms with Gasteiger partial charge in [0.2, 0.25) is 5.91 Å². The molecule has 0 aliphatic heterocycles. The zero-order valence-corrected chi connectivity index (χ0v) is 17.2. The smallest absolute Gasteiger partial charge is 0.221 e. The molecule has 0 saturated carbocycles. The first-order valence-electron chi connectivity index (χ1n) is 9.14. The second kappa shape index (κ2) is 8.66. The molecule has 0 fully saturated rings. The number of rotatable bonds is 7. The number of halogens is 2.